The minimum Gasteiger partial charge on any atom is -0.394 e. The normalized spacial score (nSPS) is 25.4. The third-order valence-corrected chi connectivity index (χ3v) is 13.1. The molecule has 9 N–H and O–H groups in total. The highest BCUT2D eigenvalue weighted by atomic mass is 16.7. The van der Waals surface area contributed by atoms with E-state index in [2.05, 4.69) is 177 Å². The van der Waals surface area contributed by atoms with Crippen LogP contribution in [0.15, 0.2) is 170 Å². The summed E-state index contributed by atoms with van der Waals surface area (Å²) in [6.07, 6.45) is 61.6. The van der Waals surface area contributed by atoms with E-state index in [1.165, 1.54) is 0 Å². The van der Waals surface area contributed by atoms with Crippen molar-refractivity contribution in [3.8, 4) is 0 Å². The molecular formula is C67H103NO13. The second-order valence-corrected chi connectivity index (χ2v) is 20.0. The summed E-state index contributed by atoms with van der Waals surface area (Å²) in [5, 5.41) is 86.6. The highest BCUT2D eigenvalue weighted by Crippen LogP contribution is 2.30. The molecule has 0 bridgehead atoms. The third kappa shape index (κ3) is 35.2. The maximum atomic E-state index is 13.2. The number of unbranched alkanes of at least 4 members (excludes halogenated alkanes) is 5. The van der Waals surface area contributed by atoms with Gasteiger partial charge in [0, 0.05) is 6.42 Å². The fourth-order valence-corrected chi connectivity index (χ4v) is 8.33. The fourth-order valence-electron chi connectivity index (χ4n) is 8.33. The zero-order valence-corrected chi connectivity index (χ0v) is 48.7. The predicted molar refractivity (Wildman–Crippen MR) is 327 cm³/mol. The first-order valence-electron chi connectivity index (χ1n) is 29.9. The molecule has 81 heavy (non-hydrogen) atoms. The Hall–Kier alpha value is -4.65. The Morgan fingerprint density at radius 1 is 0.457 bits per heavy atom. The van der Waals surface area contributed by atoms with Gasteiger partial charge in [0.2, 0.25) is 5.91 Å². The Morgan fingerprint density at radius 3 is 1.31 bits per heavy atom. The van der Waals surface area contributed by atoms with Crippen molar-refractivity contribution in [1.82, 2.24) is 5.32 Å². The molecule has 0 radical (unpaired) electrons. The topological polar surface area (TPSA) is 228 Å². The Balaban J connectivity index is 1.65. The van der Waals surface area contributed by atoms with E-state index in [1.54, 1.807) is 6.08 Å². The minimum atomic E-state index is -1.80. The molecule has 0 saturated carbocycles. The van der Waals surface area contributed by atoms with Crippen LogP contribution in [0.25, 0.3) is 0 Å². The molecule has 12 unspecified atom stereocenters. The van der Waals surface area contributed by atoms with Gasteiger partial charge in [-0.05, 0) is 116 Å². The molecule has 0 aromatic heterocycles. The maximum absolute atomic E-state index is 13.2. The van der Waals surface area contributed by atoms with Crippen molar-refractivity contribution in [2.24, 2.45) is 0 Å². The van der Waals surface area contributed by atoms with E-state index in [4.69, 9.17) is 18.9 Å². The monoisotopic (exact) mass is 1130 g/mol. The Morgan fingerprint density at radius 2 is 0.852 bits per heavy atom. The fraction of sp³-hybridized carbons (Fsp3) is 0.567. The van der Waals surface area contributed by atoms with Gasteiger partial charge in [-0.3, -0.25) is 4.79 Å². The van der Waals surface area contributed by atoms with E-state index < -0.39 is 86.8 Å². The number of hydrogen-bond donors (Lipinski definition) is 9. The number of nitrogens with one attached hydrogen (secondary N) is 1. The van der Waals surface area contributed by atoms with E-state index in [0.717, 1.165) is 116 Å². The van der Waals surface area contributed by atoms with Crippen molar-refractivity contribution in [2.75, 3.05) is 19.8 Å². The molecule has 2 heterocycles. The first-order chi connectivity index (χ1) is 39.6. The second-order valence-electron chi connectivity index (χ2n) is 20.0. The maximum Gasteiger partial charge on any atom is 0.220 e. The standard InChI is InChI=1S/C67H103NO13/c1-3-5-7-9-11-13-14-15-16-17-18-19-20-21-22-23-24-25-26-27-28-29-30-31-32-33-34-35-36-37-38-39-40-41-42-43-45-47-49-51-59(72)68-55(56(71)50-48-46-44-12-10-8-6-4-2)54-78-66-64(77)62(75)65(58(53-70)80-66)81-67-63(76)61(74)60(73)57(52-69)79-67/h5,7,10-13,15-16,18-19,21-22,24-25,27-28,30-31,33-34,36-37,39-40,42-43,48,50,55-58,60-67,69-71,73-77H,3-4,6,8-9,14,17,20,23,26,29,32,35,38,41,44-47,49,51-54H2,1-2H3,(H,68,72)/b7-5-,12-10+,13-11-,16-15-,19-18-,22-21-,25-24-,28-27-,31-30-,34-33-,37-36-,40-39-,43-42-,50-48+. The van der Waals surface area contributed by atoms with Crippen LogP contribution >= 0.6 is 0 Å². The number of aliphatic hydroxyl groups is 8. The van der Waals surface area contributed by atoms with Crippen molar-refractivity contribution < 1.29 is 64.6 Å². The van der Waals surface area contributed by atoms with Crippen LogP contribution in [0, 0.1) is 0 Å². The van der Waals surface area contributed by atoms with E-state index in [1.807, 2.05) is 6.08 Å². The summed E-state index contributed by atoms with van der Waals surface area (Å²) < 4.78 is 22.6. The summed E-state index contributed by atoms with van der Waals surface area (Å²) >= 11 is 0. The summed E-state index contributed by atoms with van der Waals surface area (Å²) in [7, 11) is 0. The summed E-state index contributed by atoms with van der Waals surface area (Å²) in [4.78, 5) is 13.2. The number of hydrogen-bond acceptors (Lipinski definition) is 13. The SMILES string of the molecule is CC/C=C\C/C=C\C/C=C\C/C=C\C/C=C\C/C=C\C/C=C\C/C=C\C/C=C\C/C=C\C/C=C\C/C=C\CCCCC(=O)NC(COC1OC(CO)C(OC2OC(CO)C(O)C(O)C2O)C(O)C1O)C(O)/C=C/CC/C=C/CCCC. The second kappa shape index (κ2) is 49.9. The van der Waals surface area contributed by atoms with Crippen LogP contribution in [0.5, 0.6) is 0 Å². The first kappa shape index (κ1) is 72.5. The minimum absolute atomic E-state index is 0.205. The van der Waals surface area contributed by atoms with Crippen LogP contribution in [-0.4, -0.2) is 140 Å². The van der Waals surface area contributed by atoms with Gasteiger partial charge in [-0.15, -0.1) is 0 Å². The van der Waals surface area contributed by atoms with Crippen LogP contribution in [-0.2, 0) is 23.7 Å². The summed E-state index contributed by atoms with van der Waals surface area (Å²) in [5.41, 5.74) is 0. The Bertz CT molecular complexity index is 2010. The molecule has 2 fully saturated rings. The molecular weight excluding hydrogens is 1030 g/mol. The lowest BCUT2D eigenvalue weighted by Crippen LogP contribution is -2.65. The number of allylic oxidation sites excluding steroid dienone is 27. The molecule has 0 spiro atoms. The number of amides is 1. The largest absolute Gasteiger partial charge is 0.394 e. The molecule has 0 aromatic carbocycles. The van der Waals surface area contributed by atoms with Crippen LogP contribution in [0.4, 0.5) is 0 Å². The van der Waals surface area contributed by atoms with Gasteiger partial charge in [-0.1, -0.05) is 197 Å². The van der Waals surface area contributed by atoms with Crippen molar-refractivity contribution in [2.45, 2.75) is 222 Å². The van der Waals surface area contributed by atoms with Gasteiger partial charge < -0.3 is 65.1 Å². The summed E-state index contributed by atoms with van der Waals surface area (Å²) in [5.74, 6) is -0.305. The molecule has 1 amide bonds. The van der Waals surface area contributed by atoms with Gasteiger partial charge in [-0.2, -0.15) is 0 Å². The lowest BCUT2D eigenvalue weighted by atomic mass is 9.97. The number of carbonyl (C=O) groups is 1. The molecule has 0 aliphatic carbocycles. The van der Waals surface area contributed by atoms with Gasteiger partial charge in [0.15, 0.2) is 12.6 Å². The molecule has 0 aromatic rings. The van der Waals surface area contributed by atoms with Gasteiger partial charge >= 0.3 is 0 Å². The average molecular weight is 1130 g/mol. The zero-order valence-electron chi connectivity index (χ0n) is 48.7. The average Bonchev–Trinajstić information content (AvgIpc) is 3.51. The number of rotatable bonds is 44. The van der Waals surface area contributed by atoms with Gasteiger partial charge in [0.05, 0.1) is 32.0 Å². The van der Waals surface area contributed by atoms with Crippen molar-refractivity contribution in [1.29, 1.82) is 0 Å². The molecule has 12 atom stereocenters. The van der Waals surface area contributed by atoms with Crippen LogP contribution < -0.4 is 5.32 Å². The van der Waals surface area contributed by atoms with Crippen LogP contribution in [0.2, 0.25) is 0 Å². The lowest BCUT2D eigenvalue weighted by Gasteiger charge is -2.46. The predicted octanol–water partition coefficient (Wildman–Crippen LogP) is 10.5. The molecule has 2 saturated heterocycles. The quantitative estimate of drug-likeness (QED) is 0.0205. The number of carbonyl (C=O) groups excluding carboxylic acids is 1. The molecule has 2 aliphatic heterocycles. The van der Waals surface area contributed by atoms with Crippen molar-refractivity contribution in [3.63, 3.8) is 0 Å². The highest BCUT2D eigenvalue weighted by molar-refractivity contribution is 5.76. The smallest absolute Gasteiger partial charge is 0.220 e. The summed E-state index contributed by atoms with van der Waals surface area (Å²) in [6.45, 7) is 2.50. The molecule has 454 valence electrons. The molecule has 2 rings (SSSR count). The van der Waals surface area contributed by atoms with Crippen LogP contribution in [0.1, 0.15) is 149 Å². The van der Waals surface area contributed by atoms with E-state index in [0.29, 0.717) is 12.8 Å². The highest BCUT2D eigenvalue weighted by Gasteiger charge is 2.51. The van der Waals surface area contributed by atoms with Crippen molar-refractivity contribution >= 4 is 5.91 Å². The van der Waals surface area contributed by atoms with E-state index in [-0.39, 0.29) is 18.9 Å². The Labute approximate surface area is 486 Å². The lowest BCUT2D eigenvalue weighted by molar-refractivity contribution is -0.359. The van der Waals surface area contributed by atoms with Gasteiger partial charge in [0.25, 0.3) is 0 Å². The van der Waals surface area contributed by atoms with E-state index in [9.17, 15) is 45.6 Å². The zero-order chi connectivity index (χ0) is 58.8. The number of aliphatic hydroxyl groups excluding tert-OH is 8. The Kier molecular flexibility index (Phi) is 44.6. The van der Waals surface area contributed by atoms with Crippen molar-refractivity contribution in [3.05, 3.63) is 170 Å². The molecule has 2 aliphatic rings. The first-order valence-corrected chi connectivity index (χ1v) is 29.9. The van der Waals surface area contributed by atoms with Crippen LogP contribution in [0.3, 0.4) is 0 Å². The van der Waals surface area contributed by atoms with Gasteiger partial charge in [0.1, 0.15) is 48.8 Å². The molecule has 14 nitrogen and oxygen atoms in total. The van der Waals surface area contributed by atoms with Gasteiger partial charge in [-0.25, -0.2) is 0 Å². The third-order valence-electron chi connectivity index (χ3n) is 13.1. The number of ether oxygens (including phenoxy) is 4. The summed E-state index contributed by atoms with van der Waals surface area (Å²) in [6, 6.07) is -0.965. The van der Waals surface area contributed by atoms with E-state index >= 15 is 0 Å². The molecule has 14 heteroatoms.